The van der Waals surface area contributed by atoms with Crippen LogP contribution >= 0.6 is 23.2 Å². The van der Waals surface area contributed by atoms with Gasteiger partial charge in [-0.1, -0.05) is 41.4 Å². The number of hydrogen-bond acceptors (Lipinski definition) is 1. The summed E-state index contributed by atoms with van der Waals surface area (Å²) in [7, 11) is 0. The van der Waals surface area contributed by atoms with Crippen LogP contribution in [0.4, 0.5) is 0 Å². The first kappa shape index (κ1) is 15.6. The van der Waals surface area contributed by atoms with Gasteiger partial charge in [-0.25, -0.2) is 0 Å². The van der Waals surface area contributed by atoms with Crippen LogP contribution in [0.5, 0.6) is 0 Å². The van der Waals surface area contributed by atoms with Gasteiger partial charge < -0.3 is 5.32 Å². The summed E-state index contributed by atoms with van der Waals surface area (Å²) in [5.41, 5.74) is 2.34. The summed E-state index contributed by atoms with van der Waals surface area (Å²) < 4.78 is 0. The van der Waals surface area contributed by atoms with Crippen molar-refractivity contribution in [1.82, 2.24) is 5.32 Å². The Kier molecular flexibility index (Phi) is 5.71. The van der Waals surface area contributed by atoms with Crippen molar-refractivity contribution in [3.63, 3.8) is 0 Å². The zero-order chi connectivity index (χ0) is 13.8. The predicted molar refractivity (Wildman–Crippen MR) is 82.5 cm³/mol. The number of hydrogen-bond donors (Lipinski definition) is 1. The van der Waals surface area contributed by atoms with Crippen molar-refractivity contribution >= 4 is 28.8 Å². The lowest BCUT2D eigenvalue weighted by atomic mass is 10.1. The molecule has 0 aliphatic heterocycles. The van der Waals surface area contributed by atoms with E-state index in [4.69, 9.17) is 23.2 Å². The molecule has 18 heavy (non-hydrogen) atoms. The third kappa shape index (κ3) is 5.01. The van der Waals surface area contributed by atoms with E-state index in [9.17, 15) is 0 Å². The minimum atomic E-state index is 0.162. The zero-order valence-corrected chi connectivity index (χ0v) is 13.0. The minimum absolute atomic E-state index is 0.162. The first-order valence-electron chi connectivity index (χ1n) is 6.17. The van der Waals surface area contributed by atoms with Crippen molar-refractivity contribution in [1.29, 1.82) is 0 Å². The molecule has 1 aromatic rings. The SMILES string of the molecule is CC(=CCCNC(C)(C)C)c1cccc(Cl)c1Cl. The molecule has 0 spiro atoms. The van der Waals surface area contributed by atoms with E-state index in [1.807, 2.05) is 18.2 Å². The second-order valence-electron chi connectivity index (χ2n) is 5.45. The quantitative estimate of drug-likeness (QED) is 0.752. The summed E-state index contributed by atoms with van der Waals surface area (Å²) in [6, 6.07) is 5.73. The molecule has 0 aromatic heterocycles. The van der Waals surface area contributed by atoms with Gasteiger partial charge in [0.15, 0.2) is 0 Å². The third-order valence-electron chi connectivity index (χ3n) is 2.63. The molecule has 0 saturated heterocycles. The lowest BCUT2D eigenvalue weighted by Crippen LogP contribution is -2.36. The van der Waals surface area contributed by atoms with Gasteiger partial charge in [0, 0.05) is 5.54 Å². The largest absolute Gasteiger partial charge is 0.312 e. The lowest BCUT2D eigenvalue weighted by Gasteiger charge is -2.19. The summed E-state index contributed by atoms with van der Waals surface area (Å²) in [4.78, 5) is 0. The van der Waals surface area contributed by atoms with E-state index in [0.29, 0.717) is 10.0 Å². The molecule has 0 atom stereocenters. The number of benzene rings is 1. The van der Waals surface area contributed by atoms with Gasteiger partial charge in [-0.05, 0) is 57.9 Å². The van der Waals surface area contributed by atoms with Crippen LogP contribution in [0.25, 0.3) is 5.57 Å². The van der Waals surface area contributed by atoms with Crippen LogP contribution in [0.2, 0.25) is 10.0 Å². The second-order valence-corrected chi connectivity index (χ2v) is 6.24. The molecule has 1 rings (SSSR count). The van der Waals surface area contributed by atoms with Crippen molar-refractivity contribution < 1.29 is 0 Å². The molecule has 3 heteroatoms. The van der Waals surface area contributed by atoms with E-state index in [2.05, 4.69) is 39.1 Å². The molecule has 100 valence electrons. The summed E-state index contributed by atoms with van der Waals surface area (Å²) in [5, 5.41) is 4.69. The Bertz CT molecular complexity index is 431. The highest BCUT2D eigenvalue weighted by molar-refractivity contribution is 6.43. The number of halogens is 2. The number of rotatable bonds is 4. The molecule has 0 bridgehead atoms. The fourth-order valence-corrected chi connectivity index (χ4v) is 2.10. The summed E-state index contributed by atoms with van der Waals surface area (Å²) in [5.74, 6) is 0. The van der Waals surface area contributed by atoms with Crippen LogP contribution < -0.4 is 5.32 Å². The van der Waals surface area contributed by atoms with Gasteiger partial charge in [0.2, 0.25) is 0 Å². The lowest BCUT2D eigenvalue weighted by molar-refractivity contribution is 0.431. The molecule has 0 heterocycles. The average Bonchev–Trinajstić information content (AvgIpc) is 2.26. The van der Waals surface area contributed by atoms with Crippen LogP contribution in [0.1, 0.15) is 39.7 Å². The minimum Gasteiger partial charge on any atom is -0.312 e. The Labute approximate surface area is 120 Å². The first-order chi connectivity index (χ1) is 8.31. The van der Waals surface area contributed by atoms with Crippen LogP contribution in [0.15, 0.2) is 24.3 Å². The van der Waals surface area contributed by atoms with E-state index in [1.165, 1.54) is 5.57 Å². The van der Waals surface area contributed by atoms with Crippen molar-refractivity contribution in [3.8, 4) is 0 Å². The molecule has 1 N–H and O–H groups in total. The predicted octanol–water partition coefficient (Wildman–Crippen LogP) is 5.17. The van der Waals surface area contributed by atoms with Crippen LogP contribution in [-0.4, -0.2) is 12.1 Å². The normalized spacial score (nSPS) is 12.9. The van der Waals surface area contributed by atoms with Crippen molar-refractivity contribution in [2.24, 2.45) is 0 Å². The maximum Gasteiger partial charge on any atom is 0.0667 e. The van der Waals surface area contributed by atoms with Crippen molar-refractivity contribution in [2.75, 3.05) is 6.54 Å². The summed E-state index contributed by atoms with van der Waals surface area (Å²) in [6.45, 7) is 9.51. The smallest absolute Gasteiger partial charge is 0.0667 e. The molecular formula is C15H21Cl2N. The molecule has 0 fully saturated rings. The third-order valence-corrected chi connectivity index (χ3v) is 3.45. The summed E-state index contributed by atoms with van der Waals surface area (Å²) in [6.07, 6.45) is 3.17. The van der Waals surface area contributed by atoms with E-state index in [1.54, 1.807) is 0 Å². The standard InChI is InChI=1S/C15H21Cl2N/c1-11(7-6-10-18-15(2,3)4)12-8-5-9-13(16)14(12)17/h5,7-9,18H,6,10H2,1-4H3. The number of nitrogens with one attached hydrogen (secondary N) is 1. The van der Waals surface area contributed by atoms with E-state index in [0.717, 1.165) is 18.5 Å². The first-order valence-corrected chi connectivity index (χ1v) is 6.93. The van der Waals surface area contributed by atoms with Gasteiger partial charge in [-0.15, -0.1) is 0 Å². The molecule has 0 saturated carbocycles. The Hall–Kier alpha value is -0.500. The fourth-order valence-electron chi connectivity index (χ4n) is 1.65. The molecule has 1 aromatic carbocycles. The highest BCUT2D eigenvalue weighted by Gasteiger charge is 2.08. The Morgan fingerprint density at radius 1 is 1.28 bits per heavy atom. The monoisotopic (exact) mass is 285 g/mol. The van der Waals surface area contributed by atoms with Gasteiger partial charge in [0.05, 0.1) is 10.0 Å². The summed E-state index contributed by atoms with van der Waals surface area (Å²) >= 11 is 12.2. The van der Waals surface area contributed by atoms with Gasteiger partial charge in [-0.3, -0.25) is 0 Å². The maximum atomic E-state index is 6.19. The molecule has 0 amide bonds. The highest BCUT2D eigenvalue weighted by atomic mass is 35.5. The van der Waals surface area contributed by atoms with E-state index < -0.39 is 0 Å². The van der Waals surface area contributed by atoms with Crippen LogP contribution in [0, 0.1) is 0 Å². The highest BCUT2D eigenvalue weighted by Crippen LogP contribution is 2.30. The molecule has 0 aliphatic carbocycles. The average molecular weight is 286 g/mol. The van der Waals surface area contributed by atoms with Gasteiger partial charge >= 0.3 is 0 Å². The van der Waals surface area contributed by atoms with Crippen molar-refractivity contribution in [2.45, 2.75) is 39.7 Å². The zero-order valence-electron chi connectivity index (χ0n) is 11.5. The van der Waals surface area contributed by atoms with Crippen LogP contribution in [0.3, 0.4) is 0 Å². The topological polar surface area (TPSA) is 12.0 Å². The molecule has 1 nitrogen and oxygen atoms in total. The van der Waals surface area contributed by atoms with Gasteiger partial charge in [0.1, 0.15) is 0 Å². The van der Waals surface area contributed by atoms with E-state index >= 15 is 0 Å². The molecule has 0 aliphatic rings. The number of allylic oxidation sites excluding steroid dienone is 1. The molecule has 0 radical (unpaired) electrons. The Morgan fingerprint density at radius 3 is 2.56 bits per heavy atom. The van der Waals surface area contributed by atoms with Crippen LogP contribution in [-0.2, 0) is 0 Å². The van der Waals surface area contributed by atoms with Gasteiger partial charge in [0.25, 0.3) is 0 Å². The fraction of sp³-hybridized carbons (Fsp3) is 0.467. The van der Waals surface area contributed by atoms with Gasteiger partial charge in [-0.2, -0.15) is 0 Å². The Morgan fingerprint density at radius 2 is 1.94 bits per heavy atom. The molecular weight excluding hydrogens is 265 g/mol. The maximum absolute atomic E-state index is 6.19. The van der Waals surface area contributed by atoms with Crippen molar-refractivity contribution in [3.05, 3.63) is 39.9 Å². The molecule has 0 unspecified atom stereocenters. The second kappa shape index (κ2) is 6.60. The van der Waals surface area contributed by atoms with E-state index in [-0.39, 0.29) is 5.54 Å². The Balaban J connectivity index is 2.64.